The summed E-state index contributed by atoms with van der Waals surface area (Å²) in [6, 6.07) is 1.92. The molecule has 0 N–H and O–H groups in total. The van der Waals surface area contributed by atoms with Crippen LogP contribution in [-0.2, 0) is 19.1 Å². The van der Waals surface area contributed by atoms with E-state index in [0.29, 0.717) is 0 Å². The SMILES string of the molecule is Cc1cc(C=C2C(=O)OC(C)(C)OC2=O)c(C)s1. The fourth-order valence-corrected chi connectivity index (χ4v) is 2.63. The van der Waals surface area contributed by atoms with E-state index in [9.17, 15) is 9.59 Å². The zero-order valence-electron chi connectivity index (χ0n) is 10.7. The van der Waals surface area contributed by atoms with Gasteiger partial charge in [0, 0.05) is 23.6 Å². The fraction of sp³-hybridized carbons (Fsp3) is 0.385. The van der Waals surface area contributed by atoms with Gasteiger partial charge in [-0.3, -0.25) is 0 Å². The summed E-state index contributed by atoms with van der Waals surface area (Å²) < 4.78 is 10.1. The third kappa shape index (κ3) is 2.46. The predicted molar refractivity (Wildman–Crippen MR) is 68.0 cm³/mol. The largest absolute Gasteiger partial charge is 0.419 e. The summed E-state index contributed by atoms with van der Waals surface area (Å²) in [5.74, 6) is -2.47. The van der Waals surface area contributed by atoms with Gasteiger partial charge in [0.1, 0.15) is 5.57 Å². The molecule has 2 rings (SSSR count). The van der Waals surface area contributed by atoms with Crippen LogP contribution in [0.5, 0.6) is 0 Å². The van der Waals surface area contributed by atoms with Gasteiger partial charge in [0.05, 0.1) is 0 Å². The third-order valence-electron chi connectivity index (χ3n) is 2.50. The highest BCUT2D eigenvalue weighted by Crippen LogP contribution is 2.27. The van der Waals surface area contributed by atoms with Crippen LogP contribution in [0.4, 0.5) is 0 Å². The summed E-state index contributed by atoms with van der Waals surface area (Å²) in [7, 11) is 0. The molecule has 0 atom stereocenters. The molecule has 1 aliphatic heterocycles. The van der Waals surface area contributed by atoms with Crippen molar-refractivity contribution >= 4 is 29.4 Å². The number of rotatable bonds is 1. The van der Waals surface area contributed by atoms with Gasteiger partial charge < -0.3 is 9.47 Å². The van der Waals surface area contributed by atoms with Crippen molar-refractivity contribution in [2.24, 2.45) is 0 Å². The molecule has 0 bridgehead atoms. The molecule has 1 fully saturated rings. The Morgan fingerprint density at radius 3 is 2.17 bits per heavy atom. The minimum absolute atomic E-state index is 0.0600. The molecule has 4 nitrogen and oxygen atoms in total. The number of cyclic esters (lactones) is 2. The molecule has 1 aliphatic rings. The summed E-state index contributed by atoms with van der Waals surface area (Å²) in [4.78, 5) is 25.7. The van der Waals surface area contributed by atoms with Gasteiger partial charge in [-0.2, -0.15) is 0 Å². The maximum atomic E-state index is 11.8. The van der Waals surface area contributed by atoms with Crippen LogP contribution < -0.4 is 0 Å². The minimum atomic E-state index is -1.19. The molecular weight excluding hydrogens is 252 g/mol. The lowest BCUT2D eigenvalue weighted by Crippen LogP contribution is -2.41. The first-order valence-corrected chi connectivity index (χ1v) is 6.35. The van der Waals surface area contributed by atoms with E-state index in [1.54, 1.807) is 11.3 Å². The van der Waals surface area contributed by atoms with Crippen LogP contribution in [0.3, 0.4) is 0 Å². The summed E-state index contributed by atoms with van der Waals surface area (Å²) >= 11 is 1.61. The predicted octanol–water partition coefficient (Wildman–Crippen LogP) is 2.58. The van der Waals surface area contributed by atoms with Gasteiger partial charge in [0.25, 0.3) is 5.79 Å². The van der Waals surface area contributed by atoms with Crippen LogP contribution in [0.15, 0.2) is 11.6 Å². The first-order valence-electron chi connectivity index (χ1n) is 5.54. The molecule has 1 saturated heterocycles. The average Bonchev–Trinajstić information content (AvgIpc) is 2.49. The summed E-state index contributed by atoms with van der Waals surface area (Å²) in [6.45, 7) is 6.97. The number of hydrogen-bond donors (Lipinski definition) is 0. The number of thiophene rings is 1. The Kier molecular flexibility index (Phi) is 3.02. The molecule has 2 heterocycles. The number of aryl methyl sites for hydroxylation is 2. The summed E-state index contributed by atoms with van der Waals surface area (Å²) in [6.07, 6.45) is 1.53. The van der Waals surface area contributed by atoms with E-state index in [0.717, 1.165) is 15.3 Å². The van der Waals surface area contributed by atoms with Gasteiger partial charge in [0.15, 0.2) is 0 Å². The monoisotopic (exact) mass is 266 g/mol. The van der Waals surface area contributed by atoms with Crippen molar-refractivity contribution < 1.29 is 19.1 Å². The molecule has 0 spiro atoms. The number of carbonyl (C=O) groups excluding carboxylic acids is 2. The zero-order chi connectivity index (χ0) is 13.5. The third-order valence-corrected chi connectivity index (χ3v) is 3.48. The van der Waals surface area contributed by atoms with E-state index >= 15 is 0 Å². The molecule has 0 saturated carbocycles. The Labute approximate surface area is 109 Å². The molecule has 0 aromatic carbocycles. The second kappa shape index (κ2) is 4.24. The molecule has 96 valence electrons. The van der Waals surface area contributed by atoms with Crippen molar-refractivity contribution in [2.75, 3.05) is 0 Å². The van der Waals surface area contributed by atoms with Crippen LogP contribution in [0, 0.1) is 13.8 Å². The van der Waals surface area contributed by atoms with E-state index in [1.165, 1.54) is 19.9 Å². The van der Waals surface area contributed by atoms with Crippen molar-refractivity contribution in [1.82, 2.24) is 0 Å². The Morgan fingerprint density at radius 2 is 1.72 bits per heavy atom. The Morgan fingerprint density at radius 1 is 1.17 bits per heavy atom. The molecule has 5 heteroatoms. The Bertz CT molecular complexity index is 529. The van der Waals surface area contributed by atoms with Gasteiger partial charge in [-0.15, -0.1) is 11.3 Å². The van der Waals surface area contributed by atoms with Crippen LogP contribution in [0.1, 0.15) is 29.2 Å². The lowest BCUT2D eigenvalue weighted by molar-refractivity contribution is -0.222. The maximum absolute atomic E-state index is 11.8. The van der Waals surface area contributed by atoms with Crippen molar-refractivity contribution in [3.63, 3.8) is 0 Å². The van der Waals surface area contributed by atoms with Crippen LogP contribution in [0.25, 0.3) is 6.08 Å². The van der Waals surface area contributed by atoms with E-state index < -0.39 is 17.7 Å². The second-order valence-electron chi connectivity index (χ2n) is 4.61. The van der Waals surface area contributed by atoms with Gasteiger partial charge in [-0.1, -0.05) is 0 Å². The van der Waals surface area contributed by atoms with Gasteiger partial charge in [-0.25, -0.2) is 9.59 Å². The van der Waals surface area contributed by atoms with Gasteiger partial charge in [-0.05, 0) is 31.6 Å². The van der Waals surface area contributed by atoms with E-state index in [2.05, 4.69) is 0 Å². The van der Waals surface area contributed by atoms with Crippen LogP contribution in [0.2, 0.25) is 0 Å². The van der Waals surface area contributed by atoms with E-state index in [-0.39, 0.29) is 5.57 Å². The molecule has 1 aromatic heterocycles. The minimum Gasteiger partial charge on any atom is -0.419 e. The Balaban J connectivity index is 2.36. The fourth-order valence-electron chi connectivity index (χ4n) is 1.73. The second-order valence-corrected chi connectivity index (χ2v) is 6.07. The lowest BCUT2D eigenvalue weighted by Gasteiger charge is -2.29. The van der Waals surface area contributed by atoms with Crippen molar-refractivity contribution in [1.29, 1.82) is 0 Å². The lowest BCUT2D eigenvalue weighted by atomic mass is 10.1. The van der Waals surface area contributed by atoms with Gasteiger partial charge >= 0.3 is 11.9 Å². The molecule has 1 aromatic rings. The highest BCUT2D eigenvalue weighted by molar-refractivity contribution is 7.12. The number of carbonyl (C=O) groups is 2. The molecule has 0 aliphatic carbocycles. The Hall–Kier alpha value is -1.62. The topological polar surface area (TPSA) is 52.6 Å². The number of ether oxygens (including phenoxy) is 2. The molecule has 18 heavy (non-hydrogen) atoms. The van der Waals surface area contributed by atoms with Crippen LogP contribution >= 0.6 is 11.3 Å². The first kappa shape index (κ1) is 12.8. The van der Waals surface area contributed by atoms with E-state index in [4.69, 9.17) is 9.47 Å². The van der Waals surface area contributed by atoms with Crippen molar-refractivity contribution in [2.45, 2.75) is 33.5 Å². The highest BCUT2D eigenvalue weighted by atomic mass is 32.1. The maximum Gasteiger partial charge on any atom is 0.348 e. The van der Waals surface area contributed by atoms with Gasteiger partial charge in [0.2, 0.25) is 0 Å². The normalized spacial score (nSPS) is 18.3. The van der Waals surface area contributed by atoms with Crippen molar-refractivity contribution in [3.05, 3.63) is 27.0 Å². The number of hydrogen-bond acceptors (Lipinski definition) is 5. The zero-order valence-corrected chi connectivity index (χ0v) is 11.5. The average molecular weight is 266 g/mol. The highest BCUT2D eigenvalue weighted by Gasteiger charge is 2.38. The number of esters is 2. The summed E-state index contributed by atoms with van der Waals surface area (Å²) in [5.41, 5.74) is 0.788. The molecule has 0 radical (unpaired) electrons. The quantitative estimate of drug-likeness (QED) is 0.445. The van der Waals surface area contributed by atoms with Crippen molar-refractivity contribution in [3.8, 4) is 0 Å². The smallest absolute Gasteiger partial charge is 0.348 e. The molecule has 0 unspecified atom stereocenters. The summed E-state index contributed by atoms with van der Waals surface area (Å²) in [5, 5.41) is 0. The molecule has 0 amide bonds. The first-order chi connectivity index (χ1) is 8.28. The van der Waals surface area contributed by atoms with Crippen LogP contribution in [-0.4, -0.2) is 17.7 Å². The standard InChI is InChI=1S/C13H14O4S/c1-7-5-9(8(2)18-7)6-10-11(14)16-13(3,4)17-12(10)15/h5-6H,1-4H3. The molecular formula is C13H14O4S. The van der Waals surface area contributed by atoms with E-state index in [1.807, 2.05) is 19.9 Å².